The first kappa shape index (κ1) is 56.3. The maximum atomic E-state index is 12.7. The summed E-state index contributed by atoms with van der Waals surface area (Å²) in [5.74, 6) is -1.01. The number of allylic oxidation sites excluding steroid dienone is 16. The number of hydrogen-bond donors (Lipinski definition) is 0. The van der Waals surface area contributed by atoms with E-state index in [0.29, 0.717) is 12.8 Å². The molecule has 0 aliphatic heterocycles. The molecule has 0 aromatic carbocycles. The molecule has 0 rings (SSSR count). The van der Waals surface area contributed by atoms with Gasteiger partial charge in [0.1, 0.15) is 13.2 Å². The van der Waals surface area contributed by atoms with Gasteiger partial charge in [0, 0.05) is 19.3 Å². The van der Waals surface area contributed by atoms with Crippen molar-refractivity contribution in [3.8, 4) is 0 Å². The summed E-state index contributed by atoms with van der Waals surface area (Å²) in [5, 5.41) is 0. The van der Waals surface area contributed by atoms with Gasteiger partial charge in [-0.3, -0.25) is 14.4 Å². The van der Waals surface area contributed by atoms with Gasteiger partial charge in [-0.1, -0.05) is 189 Å². The van der Waals surface area contributed by atoms with Crippen LogP contribution >= 0.6 is 0 Å². The summed E-state index contributed by atoms with van der Waals surface area (Å²) in [6.07, 6.45) is 62.5. The molecule has 0 aliphatic carbocycles. The molecule has 0 saturated carbocycles. The van der Waals surface area contributed by atoms with E-state index in [9.17, 15) is 14.4 Å². The van der Waals surface area contributed by atoms with Crippen LogP contribution in [0, 0.1) is 0 Å². The second kappa shape index (κ2) is 48.0. The molecule has 60 heavy (non-hydrogen) atoms. The third-order valence-corrected chi connectivity index (χ3v) is 9.89. The van der Waals surface area contributed by atoms with E-state index < -0.39 is 6.10 Å². The maximum absolute atomic E-state index is 12.7. The highest BCUT2D eigenvalue weighted by Gasteiger charge is 2.19. The fourth-order valence-electron chi connectivity index (χ4n) is 6.23. The SMILES string of the molecule is CC/C=C\C/C=C\C/C=C\CCCC(=O)OCC(COC(=O)CCCCCCC\C=C/C=C\C=C/C=C\CCCCC)OC(=O)CCCCC/C=C\CCCCCCCC. The molecule has 0 N–H and O–H groups in total. The standard InChI is InChI=1S/C54H88O6/c1-4-7-10-13-16-19-22-24-25-26-27-28-30-32-35-38-41-44-47-53(56)59-50-51(49-58-52(55)46-43-40-37-34-31-21-18-15-12-9-6-3)60-54(57)48-45-42-39-36-33-29-23-20-17-14-11-8-5-2/h9,12,16,18-19,21-22,24-29,33-34,37,51H,4-8,10-11,13-15,17,20,23,30-32,35-36,38-50H2,1-3H3/b12-9-,19-16-,21-18-,24-22-,26-25-,28-27-,33-29-,37-34-. The van der Waals surface area contributed by atoms with E-state index in [1.807, 2.05) is 0 Å². The highest BCUT2D eigenvalue weighted by Crippen LogP contribution is 2.12. The zero-order valence-corrected chi connectivity index (χ0v) is 38.7. The monoisotopic (exact) mass is 833 g/mol. The largest absolute Gasteiger partial charge is 0.462 e. The summed E-state index contributed by atoms with van der Waals surface area (Å²) in [7, 11) is 0. The van der Waals surface area contributed by atoms with Crippen LogP contribution in [-0.2, 0) is 28.6 Å². The second-order valence-electron chi connectivity index (χ2n) is 15.7. The molecular weight excluding hydrogens is 745 g/mol. The molecule has 0 amide bonds. The molecule has 0 heterocycles. The van der Waals surface area contributed by atoms with Crippen molar-refractivity contribution in [2.75, 3.05) is 13.2 Å². The van der Waals surface area contributed by atoms with Crippen molar-refractivity contribution in [3.63, 3.8) is 0 Å². The summed E-state index contributed by atoms with van der Waals surface area (Å²) in [4.78, 5) is 37.8. The van der Waals surface area contributed by atoms with E-state index in [-0.39, 0.29) is 44.0 Å². The third kappa shape index (κ3) is 45.4. The number of carbonyl (C=O) groups excluding carboxylic acids is 3. The zero-order chi connectivity index (χ0) is 43.7. The molecule has 0 fully saturated rings. The molecule has 0 radical (unpaired) electrons. The van der Waals surface area contributed by atoms with Gasteiger partial charge in [0.05, 0.1) is 0 Å². The first-order valence-corrected chi connectivity index (χ1v) is 24.3. The van der Waals surface area contributed by atoms with Crippen LogP contribution in [0.1, 0.15) is 207 Å². The predicted octanol–water partition coefficient (Wildman–Crippen LogP) is 15.8. The Morgan fingerprint density at radius 1 is 0.367 bits per heavy atom. The van der Waals surface area contributed by atoms with E-state index in [4.69, 9.17) is 14.2 Å². The van der Waals surface area contributed by atoms with Gasteiger partial charge >= 0.3 is 17.9 Å². The Balaban J connectivity index is 4.50. The Morgan fingerprint density at radius 3 is 1.30 bits per heavy atom. The molecule has 1 atom stereocenters. The van der Waals surface area contributed by atoms with Crippen LogP contribution < -0.4 is 0 Å². The predicted molar refractivity (Wildman–Crippen MR) is 256 cm³/mol. The number of esters is 3. The van der Waals surface area contributed by atoms with Crippen molar-refractivity contribution < 1.29 is 28.6 Å². The van der Waals surface area contributed by atoms with Crippen LogP contribution in [0.5, 0.6) is 0 Å². The van der Waals surface area contributed by atoms with Crippen molar-refractivity contribution in [1.29, 1.82) is 0 Å². The zero-order valence-electron chi connectivity index (χ0n) is 38.7. The Bertz CT molecular complexity index is 1230. The number of hydrogen-bond acceptors (Lipinski definition) is 6. The van der Waals surface area contributed by atoms with Crippen LogP contribution in [0.25, 0.3) is 0 Å². The van der Waals surface area contributed by atoms with Crippen molar-refractivity contribution in [2.24, 2.45) is 0 Å². The van der Waals surface area contributed by atoms with E-state index in [0.717, 1.165) is 103 Å². The molecular formula is C54H88O6. The van der Waals surface area contributed by atoms with Gasteiger partial charge in [0.2, 0.25) is 0 Å². The average Bonchev–Trinajstić information content (AvgIpc) is 3.24. The number of carbonyl (C=O) groups is 3. The van der Waals surface area contributed by atoms with E-state index >= 15 is 0 Å². The summed E-state index contributed by atoms with van der Waals surface area (Å²) in [6, 6.07) is 0. The fourth-order valence-corrected chi connectivity index (χ4v) is 6.23. The van der Waals surface area contributed by atoms with E-state index in [1.165, 1.54) is 57.8 Å². The maximum Gasteiger partial charge on any atom is 0.306 e. The summed E-state index contributed by atoms with van der Waals surface area (Å²) in [6.45, 7) is 6.37. The van der Waals surface area contributed by atoms with E-state index in [1.54, 1.807) is 0 Å². The molecule has 1 unspecified atom stereocenters. The lowest BCUT2D eigenvalue weighted by Gasteiger charge is -2.18. The van der Waals surface area contributed by atoms with Crippen LogP contribution in [0.2, 0.25) is 0 Å². The van der Waals surface area contributed by atoms with Gasteiger partial charge < -0.3 is 14.2 Å². The van der Waals surface area contributed by atoms with Crippen LogP contribution in [0.4, 0.5) is 0 Å². The smallest absolute Gasteiger partial charge is 0.306 e. The van der Waals surface area contributed by atoms with Gasteiger partial charge in [-0.2, -0.15) is 0 Å². The van der Waals surface area contributed by atoms with Gasteiger partial charge in [0.15, 0.2) is 6.10 Å². The fraction of sp³-hybridized carbons (Fsp3) is 0.648. The normalized spacial score (nSPS) is 12.9. The minimum absolute atomic E-state index is 0.113. The summed E-state index contributed by atoms with van der Waals surface area (Å²) in [5.41, 5.74) is 0. The first-order valence-electron chi connectivity index (χ1n) is 24.3. The number of rotatable bonds is 42. The summed E-state index contributed by atoms with van der Waals surface area (Å²) >= 11 is 0. The number of ether oxygens (including phenoxy) is 3. The quantitative estimate of drug-likeness (QED) is 0.0200. The average molecular weight is 833 g/mol. The molecule has 0 aliphatic rings. The lowest BCUT2D eigenvalue weighted by atomic mass is 10.1. The minimum Gasteiger partial charge on any atom is -0.462 e. The molecule has 0 aromatic heterocycles. The van der Waals surface area contributed by atoms with Crippen molar-refractivity contribution >= 4 is 17.9 Å². The molecule has 0 aromatic rings. The molecule has 6 nitrogen and oxygen atoms in total. The van der Waals surface area contributed by atoms with E-state index in [2.05, 4.69) is 118 Å². The van der Waals surface area contributed by atoms with Crippen molar-refractivity contribution in [2.45, 2.75) is 213 Å². The lowest BCUT2D eigenvalue weighted by molar-refractivity contribution is -0.167. The Labute approximate surface area is 368 Å². The Kier molecular flexibility index (Phi) is 45.1. The molecule has 0 spiro atoms. The summed E-state index contributed by atoms with van der Waals surface area (Å²) < 4.78 is 16.7. The second-order valence-corrected chi connectivity index (χ2v) is 15.7. The van der Waals surface area contributed by atoms with Crippen molar-refractivity contribution in [1.82, 2.24) is 0 Å². The van der Waals surface area contributed by atoms with Crippen LogP contribution in [0.15, 0.2) is 97.2 Å². The van der Waals surface area contributed by atoms with Gasteiger partial charge in [-0.05, 0) is 96.3 Å². The topological polar surface area (TPSA) is 78.9 Å². The third-order valence-electron chi connectivity index (χ3n) is 9.89. The highest BCUT2D eigenvalue weighted by atomic mass is 16.6. The van der Waals surface area contributed by atoms with Crippen LogP contribution in [0.3, 0.4) is 0 Å². The van der Waals surface area contributed by atoms with Gasteiger partial charge in [-0.25, -0.2) is 0 Å². The lowest BCUT2D eigenvalue weighted by Crippen LogP contribution is -2.30. The highest BCUT2D eigenvalue weighted by molar-refractivity contribution is 5.71. The Hall–Kier alpha value is -3.67. The van der Waals surface area contributed by atoms with Gasteiger partial charge in [0.25, 0.3) is 0 Å². The molecule has 6 heteroatoms. The minimum atomic E-state index is -0.815. The Morgan fingerprint density at radius 2 is 0.733 bits per heavy atom. The van der Waals surface area contributed by atoms with Crippen LogP contribution in [-0.4, -0.2) is 37.2 Å². The molecule has 340 valence electrons. The van der Waals surface area contributed by atoms with Gasteiger partial charge in [-0.15, -0.1) is 0 Å². The molecule has 0 saturated heterocycles. The molecule has 0 bridgehead atoms. The van der Waals surface area contributed by atoms with Crippen molar-refractivity contribution in [3.05, 3.63) is 97.2 Å². The number of unbranched alkanes of at least 4 members (excludes halogenated alkanes) is 18. The first-order chi connectivity index (χ1) is 29.5.